The third-order valence-electron chi connectivity index (χ3n) is 3.03. The average molecular weight is 195 g/mol. The molecule has 4 nitrogen and oxygen atoms in total. The number of nitrogens with one attached hydrogen (secondary N) is 1. The molecule has 2 aliphatic rings. The van der Waals surface area contributed by atoms with E-state index >= 15 is 0 Å². The van der Waals surface area contributed by atoms with Crippen LogP contribution in [-0.4, -0.2) is 23.5 Å². The number of hydrogen-bond acceptors (Lipinski definition) is 2. The molecule has 2 aliphatic carbocycles. The molecular formula is C10H13NO3. The molecule has 0 aromatic rings. The first-order valence-corrected chi connectivity index (χ1v) is 4.84. The van der Waals surface area contributed by atoms with Gasteiger partial charge in [-0.25, -0.2) is 0 Å². The van der Waals surface area contributed by atoms with Crippen LogP contribution in [-0.2, 0) is 9.59 Å². The van der Waals surface area contributed by atoms with Crippen LogP contribution in [0.1, 0.15) is 12.8 Å². The van der Waals surface area contributed by atoms with Gasteiger partial charge in [0, 0.05) is 5.92 Å². The first-order valence-electron chi connectivity index (χ1n) is 4.84. The minimum absolute atomic E-state index is 0.00403. The Bertz CT molecular complexity index is 298. The highest BCUT2D eigenvalue weighted by Crippen LogP contribution is 2.43. The summed E-state index contributed by atoms with van der Waals surface area (Å²) in [7, 11) is 0. The topological polar surface area (TPSA) is 66.4 Å². The molecule has 1 amide bonds. The summed E-state index contributed by atoms with van der Waals surface area (Å²) in [5.74, 6) is -0.208. The molecule has 0 heterocycles. The molecule has 0 spiro atoms. The van der Waals surface area contributed by atoms with Gasteiger partial charge in [0.2, 0.25) is 5.91 Å². The highest BCUT2D eigenvalue weighted by atomic mass is 16.4. The molecule has 2 bridgehead atoms. The predicted molar refractivity (Wildman–Crippen MR) is 49.5 cm³/mol. The van der Waals surface area contributed by atoms with Crippen LogP contribution in [0, 0.1) is 17.8 Å². The Hall–Kier alpha value is -1.32. The van der Waals surface area contributed by atoms with E-state index in [4.69, 9.17) is 5.11 Å². The van der Waals surface area contributed by atoms with Crippen molar-refractivity contribution in [3.63, 3.8) is 0 Å². The highest BCUT2D eigenvalue weighted by Gasteiger charge is 2.39. The minimum Gasteiger partial charge on any atom is -0.480 e. The maximum atomic E-state index is 11.5. The molecule has 0 radical (unpaired) electrons. The molecule has 0 aromatic heterocycles. The van der Waals surface area contributed by atoms with Crippen molar-refractivity contribution in [1.82, 2.24) is 5.32 Å². The zero-order chi connectivity index (χ0) is 10.1. The second-order valence-electron chi connectivity index (χ2n) is 4.00. The van der Waals surface area contributed by atoms with E-state index in [1.807, 2.05) is 0 Å². The number of carbonyl (C=O) groups is 2. The summed E-state index contributed by atoms with van der Waals surface area (Å²) in [6, 6.07) is 0. The van der Waals surface area contributed by atoms with Gasteiger partial charge in [0.15, 0.2) is 0 Å². The minimum atomic E-state index is -0.989. The van der Waals surface area contributed by atoms with Crippen LogP contribution < -0.4 is 5.32 Å². The van der Waals surface area contributed by atoms with Gasteiger partial charge in [-0.2, -0.15) is 0 Å². The van der Waals surface area contributed by atoms with Crippen LogP contribution in [0.15, 0.2) is 12.2 Å². The summed E-state index contributed by atoms with van der Waals surface area (Å²) >= 11 is 0. The van der Waals surface area contributed by atoms with Gasteiger partial charge >= 0.3 is 5.97 Å². The summed E-state index contributed by atoms with van der Waals surface area (Å²) < 4.78 is 0. The quantitative estimate of drug-likeness (QED) is 0.640. The van der Waals surface area contributed by atoms with Gasteiger partial charge in [-0.15, -0.1) is 0 Å². The van der Waals surface area contributed by atoms with Gasteiger partial charge < -0.3 is 10.4 Å². The van der Waals surface area contributed by atoms with Gasteiger partial charge in [0.05, 0.1) is 0 Å². The second-order valence-corrected chi connectivity index (χ2v) is 4.00. The average Bonchev–Trinajstić information content (AvgIpc) is 2.74. The third kappa shape index (κ3) is 1.64. The van der Waals surface area contributed by atoms with E-state index < -0.39 is 5.97 Å². The number of aliphatic carboxylic acids is 1. The maximum absolute atomic E-state index is 11.5. The summed E-state index contributed by atoms with van der Waals surface area (Å²) in [6.07, 6.45) is 6.18. The Labute approximate surface area is 82.0 Å². The number of amides is 1. The van der Waals surface area contributed by atoms with Crippen LogP contribution in [0.3, 0.4) is 0 Å². The second kappa shape index (κ2) is 3.44. The molecule has 76 valence electrons. The van der Waals surface area contributed by atoms with Crippen LogP contribution >= 0.6 is 0 Å². The number of carboxylic acid groups (broad SMARTS) is 1. The third-order valence-corrected chi connectivity index (χ3v) is 3.03. The Morgan fingerprint density at radius 1 is 1.36 bits per heavy atom. The molecule has 2 N–H and O–H groups in total. The van der Waals surface area contributed by atoms with E-state index in [9.17, 15) is 9.59 Å². The molecule has 1 fully saturated rings. The van der Waals surface area contributed by atoms with Crippen molar-refractivity contribution in [3.05, 3.63) is 12.2 Å². The van der Waals surface area contributed by atoms with Crippen molar-refractivity contribution in [2.24, 2.45) is 17.8 Å². The Morgan fingerprint density at radius 3 is 2.64 bits per heavy atom. The number of carbonyl (C=O) groups excluding carboxylic acids is 1. The first kappa shape index (κ1) is 9.24. The van der Waals surface area contributed by atoms with E-state index in [1.54, 1.807) is 0 Å². The van der Waals surface area contributed by atoms with Gasteiger partial charge in [-0.1, -0.05) is 12.2 Å². The number of allylic oxidation sites excluding steroid dienone is 2. The van der Waals surface area contributed by atoms with Crippen LogP contribution in [0.4, 0.5) is 0 Å². The maximum Gasteiger partial charge on any atom is 0.322 e. The van der Waals surface area contributed by atoms with E-state index in [0.717, 1.165) is 12.8 Å². The smallest absolute Gasteiger partial charge is 0.322 e. The fourth-order valence-corrected chi connectivity index (χ4v) is 2.38. The molecule has 14 heavy (non-hydrogen) atoms. The monoisotopic (exact) mass is 195 g/mol. The van der Waals surface area contributed by atoms with Crippen LogP contribution in [0.5, 0.6) is 0 Å². The Morgan fingerprint density at radius 2 is 2.14 bits per heavy atom. The molecule has 4 heteroatoms. The van der Waals surface area contributed by atoms with E-state index in [1.165, 1.54) is 0 Å². The van der Waals surface area contributed by atoms with Crippen molar-refractivity contribution in [2.45, 2.75) is 12.8 Å². The van der Waals surface area contributed by atoms with Crippen LogP contribution in [0.2, 0.25) is 0 Å². The van der Waals surface area contributed by atoms with Crippen molar-refractivity contribution in [2.75, 3.05) is 6.54 Å². The number of hydrogen-bond donors (Lipinski definition) is 2. The van der Waals surface area contributed by atoms with E-state index in [0.29, 0.717) is 11.8 Å². The summed E-state index contributed by atoms with van der Waals surface area (Å²) in [5, 5.41) is 10.8. The molecular weight excluding hydrogens is 182 g/mol. The van der Waals surface area contributed by atoms with Gasteiger partial charge in [0.1, 0.15) is 6.54 Å². The van der Waals surface area contributed by atoms with E-state index in [2.05, 4.69) is 17.5 Å². The lowest BCUT2D eigenvalue weighted by molar-refractivity contribution is -0.138. The SMILES string of the molecule is O=C(O)CNC(=O)C1CC2C=CC1C2. The zero-order valence-corrected chi connectivity index (χ0v) is 7.77. The fraction of sp³-hybridized carbons (Fsp3) is 0.600. The summed E-state index contributed by atoms with van der Waals surface area (Å²) in [6.45, 7) is -0.267. The van der Waals surface area contributed by atoms with Gasteiger partial charge in [-0.3, -0.25) is 9.59 Å². The molecule has 0 saturated heterocycles. The number of carboxylic acids is 1. The van der Waals surface area contributed by atoms with Crippen molar-refractivity contribution in [3.8, 4) is 0 Å². The first-order chi connectivity index (χ1) is 6.66. The lowest BCUT2D eigenvalue weighted by atomic mass is 9.93. The Balaban J connectivity index is 1.87. The van der Waals surface area contributed by atoms with Gasteiger partial charge in [-0.05, 0) is 24.7 Å². The molecule has 0 aromatic carbocycles. The normalized spacial score (nSPS) is 33.3. The fourth-order valence-electron chi connectivity index (χ4n) is 2.38. The van der Waals surface area contributed by atoms with E-state index in [-0.39, 0.29) is 18.4 Å². The molecule has 2 rings (SSSR count). The van der Waals surface area contributed by atoms with Crippen molar-refractivity contribution in [1.29, 1.82) is 0 Å². The molecule has 0 aliphatic heterocycles. The van der Waals surface area contributed by atoms with Crippen LogP contribution in [0.25, 0.3) is 0 Å². The highest BCUT2D eigenvalue weighted by molar-refractivity contribution is 5.83. The molecule has 1 saturated carbocycles. The molecule has 3 atom stereocenters. The largest absolute Gasteiger partial charge is 0.480 e. The summed E-state index contributed by atoms with van der Waals surface area (Å²) in [5.41, 5.74) is 0. The number of fused-ring (bicyclic) bond motifs is 2. The lowest BCUT2D eigenvalue weighted by Crippen LogP contribution is -2.36. The lowest BCUT2D eigenvalue weighted by Gasteiger charge is -2.16. The Kier molecular flexibility index (Phi) is 2.27. The number of rotatable bonds is 3. The zero-order valence-electron chi connectivity index (χ0n) is 7.77. The van der Waals surface area contributed by atoms with Crippen molar-refractivity contribution >= 4 is 11.9 Å². The molecule has 3 unspecified atom stereocenters. The van der Waals surface area contributed by atoms with Crippen molar-refractivity contribution < 1.29 is 14.7 Å². The predicted octanol–water partition coefficient (Wildman–Crippen LogP) is 0.399. The van der Waals surface area contributed by atoms with Gasteiger partial charge in [0.25, 0.3) is 0 Å². The summed E-state index contributed by atoms with van der Waals surface area (Å²) in [4.78, 5) is 21.8. The standard InChI is InChI=1S/C10H13NO3/c12-9(13)5-11-10(14)8-4-6-1-2-7(8)3-6/h1-2,6-8H,3-5H2,(H,11,14)(H,12,13).